The van der Waals surface area contributed by atoms with Gasteiger partial charge in [0.05, 0.1) is 18.1 Å². The lowest BCUT2D eigenvalue weighted by Crippen LogP contribution is -2.37. The van der Waals surface area contributed by atoms with Crippen molar-refractivity contribution in [2.24, 2.45) is 0 Å². The minimum atomic E-state index is -0.531. The fourth-order valence-electron chi connectivity index (χ4n) is 2.71. The number of anilines is 1. The third-order valence-corrected chi connectivity index (χ3v) is 4.17. The summed E-state index contributed by atoms with van der Waals surface area (Å²) in [6, 6.07) is 12.2. The highest BCUT2D eigenvalue weighted by molar-refractivity contribution is 5.77. The van der Waals surface area contributed by atoms with Crippen LogP contribution in [0.4, 0.5) is 11.4 Å². The monoisotopic (exact) mass is 387 g/mol. The Bertz CT molecular complexity index is 825. The van der Waals surface area contributed by atoms with Crippen molar-refractivity contribution >= 4 is 17.3 Å². The third-order valence-electron chi connectivity index (χ3n) is 4.17. The summed E-state index contributed by atoms with van der Waals surface area (Å²) in [6.07, 6.45) is 0. The summed E-state index contributed by atoms with van der Waals surface area (Å²) in [5, 5.41) is 13.7. The molecule has 2 aromatic carbocycles. The number of carbonyl (C=O) groups excluding carboxylic acids is 1. The van der Waals surface area contributed by atoms with Crippen LogP contribution < -0.4 is 19.7 Å². The molecule has 0 aliphatic carbocycles. The summed E-state index contributed by atoms with van der Waals surface area (Å²) in [5.41, 5.74) is 2.15. The Morgan fingerprint density at radius 2 is 2.00 bits per heavy atom. The molecule has 0 heterocycles. The van der Waals surface area contributed by atoms with Crippen LogP contribution in [0.25, 0.3) is 0 Å². The van der Waals surface area contributed by atoms with Crippen molar-refractivity contribution in [3.05, 3.63) is 58.1 Å². The number of carbonyl (C=O) groups is 1. The Balaban J connectivity index is 1.86. The standard InChI is InChI=1S/C20H25N3O5/c1-4-22(16-7-5-6-15(2)12-16)11-10-21-20(24)14-28-19-13-17(23(25)26)8-9-18(19)27-3/h5-9,12-13H,4,10-11,14H2,1-3H3,(H,21,24). The second-order valence-electron chi connectivity index (χ2n) is 6.15. The van der Waals surface area contributed by atoms with E-state index in [0.29, 0.717) is 18.8 Å². The second-order valence-corrected chi connectivity index (χ2v) is 6.15. The molecule has 1 amide bonds. The van der Waals surface area contributed by atoms with E-state index in [2.05, 4.69) is 23.2 Å². The largest absolute Gasteiger partial charge is 0.493 e. The van der Waals surface area contributed by atoms with Crippen LogP contribution in [0.3, 0.4) is 0 Å². The minimum absolute atomic E-state index is 0.132. The smallest absolute Gasteiger partial charge is 0.273 e. The van der Waals surface area contributed by atoms with Gasteiger partial charge in [-0.05, 0) is 37.6 Å². The van der Waals surface area contributed by atoms with Crippen LogP contribution in [0, 0.1) is 17.0 Å². The van der Waals surface area contributed by atoms with Gasteiger partial charge in [-0.1, -0.05) is 12.1 Å². The first-order valence-electron chi connectivity index (χ1n) is 8.98. The maximum atomic E-state index is 12.1. The number of rotatable bonds is 10. The predicted molar refractivity (Wildman–Crippen MR) is 107 cm³/mol. The maximum absolute atomic E-state index is 12.1. The van der Waals surface area contributed by atoms with E-state index >= 15 is 0 Å². The average molecular weight is 387 g/mol. The number of hydrogen-bond donors (Lipinski definition) is 1. The number of nitro benzene ring substituents is 1. The molecule has 0 unspecified atom stereocenters. The van der Waals surface area contributed by atoms with E-state index in [1.54, 1.807) is 0 Å². The lowest BCUT2D eigenvalue weighted by molar-refractivity contribution is -0.385. The van der Waals surface area contributed by atoms with Crippen LogP contribution >= 0.6 is 0 Å². The van der Waals surface area contributed by atoms with Gasteiger partial charge in [0.25, 0.3) is 11.6 Å². The van der Waals surface area contributed by atoms with Crippen LogP contribution in [0.15, 0.2) is 42.5 Å². The van der Waals surface area contributed by atoms with Crippen molar-refractivity contribution in [3.63, 3.8) is 0 Å². The number of nitrogens with zero attached hydrogens (tertiary/aromatic N) is 2. The Kier molecular flexibility index (Phi) is 7.62. The molecule has 0 atom stereocenters. The lowest BCUT2D eigenvalue weighted by Gasteiger charge is -2.23. The Morgan fingerprint density at radius 1 is 1.21 bits per heavy atom. The van der Waals surface area contributed by atoms with Crippen molar-refractivity contribution < 1.29 is 19.2 Å². The molecule has 0 spiro atoms. The fraction of sp³-hybridized carbons (Fsp3) is 0.350. The number of methoxy groups -OCH3 is 1. The molecule has 0 saturated carbocycles. The summed E-state index contributed by atoms with van der Waals surface area (Å²) >= 11 is 0. The van der Waals surface area contributed by atoms with Gasteiger partial charge in [0.2, 0.25) is 0 Å². The van der Waals surface area contributed by atoms with E-state index < -0.39 is 4.92 Å². The molecule has 0 fully saturated rings. The van der Waals surface area contributed by atoms with Gasteiger partial charge in [-0.3, -0.25) is 14.9 Å². The topological polar surface area (TPSA) is 93.9 Å². The number of ether oxygens (including phenoxy) is 2. The molecule has 28 heavy (non-hydrogen) atoms. The predicted octanol–water partition coefficient (Wildman–Crippen LogP) is 2.93. The highest BCUT2D eigenvalue weighted by Gasteiger charge is 2.14. The molecule has 0 bridgehead atoms. The number of hydrogen-bond acceptors (Lipinski definition) is 6. The van der Waals surface area contributed by atoms with Gasteiger partial charge in [0, 0.05) is 31.4 Å². The Hall–Kier alpha value is -3.29. The normalized spacial score (nSPS) is 10.2. The molecule has 1 N–H and O–H groups in total. The summed E-state index contributed by atoms with van der Waals surface area (Å²) in [7, 11) is 1.43. The summed E-state index contributed by atoms with van der Waals surface area (Å²) in [6.45, 7) is 5.77. The number of aryl methyl sites for hydroxylation is 1. The highest BCUT2D eigenvalue weighted by Crippen LogP contribution is 2.31. The van der Waals surface area contributed by atoms with E-state index in [1.165, 1.54) is 30.9 Å². The molecule has 2 aromatic rings. The molecule has 8 heteroatoms. The molecule has 0 aromatic heterocycles. The number of likely N-dealkylation sites (N-methyl/N-ethyl adjacent to an activating group) is 1. The number of benzene rings is 2. The zero-order chi connectivity index (χ0) is 20.5. The summed E-state index contributed by atoms with van der Waals surface area (Å²) < 4.78 is 10.5. The molecule has 2 rings (SSSR count). The molecule has 0 radical (unpaired) electrons. The zero-order valence-corrected chi connectivity index (χ0v) is 16.3. The summed E-state index contributed by atoms with van der Waals surface area (Å²) in [5.74, 6) is 0.172. The average Bonchev–Trinajstić information content (AvgIpc) is 2.69. The second kappa shape index (κ2) is 10.1. The van der Waals surface area contributed by atoms with Gasteiger partial charge < -0.3 is 19.7 Å². The van der Waals surface area contributed by atoms with Crippen molar-refractivity contribution in [2.75, 3.05) is 38.3 Å². The SMILES string of the molecule is CCN(CCNC(=O)COc1cc([N+](=O)[O-])ccc1OC)c1cccc(C)c1. The third kappa shape index (κ3) is 5.87. The first-order valence-corrected chi connectivity index (χ1v) is 8.98. The first kappa shape index (κ1) is 21.0. The molecular weight excluding hydrogens is 362 g/mol. The van der Waals surface area contributed by atoms with Crippen molar-refractivity contribution in [3.8, 4) is 11.5 Å². The van der Waals surface area contributed by atoms with E-state index in [0.717, 1.165) is 12.2 Å². The van der Waals surface area contributed by atoms with Crippen LogP contribution in [-0.4, -0.2) is 44.2 Å². The van der Waals surface area contributed by atoms with E-state index in [4.69, 9.17) is 9.47 Å². The number of nitro groups is 1. The van der Waals surface area contributed by atoms with Crippen molar-refractivity contribution in [1.29, 1.82) is 0 Å². The molecule has 0 saturated heterocycles. The molecule has 8 nitrogen and oxygen atoms in total. The molecule has 150 valence electrons. The maximum Gasteiger partial charge on any atom is 0.273 e. The van der Waals surface area contributed by atoms with Crippen LogP contribution in [0.5, 0.6) is 11.5 Å². The Labute approximate surface area is 164 Å². The summed E-state index contributed by atoms with van der Waals surface area (Å²) in [4.78, 5) is 24.6. The minimum Gasteiger partial charge on any atom is -0.493 e. The van der Waals surface area contributed by atoms with E-state index in [1.807, 2.05) is 25.1 Å². The fourth-order valence-corrected chi connectivity index (χ4v) is 2.71. The van der Waals surface area contributed by atoms with Gasteiger partial charge in [-0.15, -0.1) is 0 Å². The van der Waals surface area contributed by atoms with Gasteiger partial charge in [-0.25, -0.2) is 0 Å². The quantitative estimate of drug-likeness (QED) is 0.498. The van der Waals surface area contributed by atoms with Crippen molar-refractivity contribution in [2.45, 2.75) is 13.8 Å². The Morgan fingerprint density at radius 3 is 2.64 bits per heavy atom. The van der Waals surface area contributed by atoms with E-state index in [-0.39, 0.29) is 24.0 Å². The van der Waals surface area contributed by atoms with Gasteiger partial charge in [0.1, 0.15) is 0 Å². The number of nitrogens with one attached hydrogen (secondary N) is 1. The molecule has 0 aliphatic rings. The van der Waals surface area contributed by atoms with Crippen LogP contribution in [0.1, 0.15) is 12.5 Å². The zero-order valence-electron chi connectivity index (χ0n) is 16.3. The van der Waals surface area contributed by atoms with E-state index in [9.17, 15) is 14.9 Å². The van der Waals surface area contributed by atoms with Crippen LogP contribution in [0.2, 0.25) is 0 Å². The number of non-ortho nitro benzene ring substituents is 1. The first-order chi connectivity index (χ1) is 13.4. The van der Waals surface area contributed by atoms with Crippen molar-refractivity contribution in [1.82, 2.24) is 5.32 Å². The van der Waals surface area contributed by atoms with Gasteiger partial charge in [0.15, 0.2) is 18.1 Å². The number of amides is 1. The molecule has 0 aliphatic heterocycles. The highest BCUT2D eigenvalue weighted by atomic mass is 16.6. The van der Waals surface area contributed by atoms with Crippen LogP contribution in [-0.2, 0) is 4.79 Å². The lowest BCUT2D eigenvalue weighted by atomic mass is 10.2. The van der Waals surface area contributed by atoms with Gasteiger partial charge in [-0.2, -0.15) is 0 Å². The van der Waals surface area contributed by atoms with Gasteiger partial charge >= 0.3 is 0 Å². The molecular formula is C20H25N3O5.